The van der Waals surface area contributed by atoms with Crippen LogP contribution in [0.25, 0.3) is 0 Å². The van der Waals surface area contributed by atoms with Crippen molar-refractivity contribution in [2.75, 3.05) is 15.4 Å². The van der Waals surface area contributed by atoms with E-state index < -0.39 is 14.9 Å². The molecule has 1 heterocycles. The van der Waals surface area contributed by atoms with E-state index in [2.05, 4.69) is 25.3 Å². The third-order valence-corrected chi connectivity index (χ3v) is 5.50. The molecule has 30 heavy (non-hydrogen) atoms. The van der Waals surface area contributed by atoms with Crippen molar-refractivity contribution in [3.63, 3.8) is 0 Å². The number of nitro benzene ring substituents is 1. The van der Waals surface area contributed by atoms with Crippen molar-refractivity contribution in [2.24, 2.45) is 0 Å². The minimum absolute atomic E-state index is 0.00103. The second kappa shape index (κ2) is 8.98. The maximum absolute atomic E-state index is 12.4. The standard InChI is InChI=1S/C17H13ClN6O4S2/c18-14-7-4-12(24(25)26)10-15(14)22-17(29)21-11-2-5-13(6-3-11)30(27,28)23-16-19-8-1-9-20-16/h1-10H,(H,19,20,23)(H2,21,22,29). The van der Waals surface area contributed by atoms with Gasteiger partial charge in [-0.1, -0.05) is 11.6 Å². The molecule has 0 unspecified atom stereocenters. The highest BCUT2D eigenvalue weighted by Crippen LogP contribution is 2.27. The molecule has 0 aliphatic heterocycles. The highest BCUT2D eigenvalue weighted by atomic mass is 35.5. The van der Waals surface area contributed by atoms with E-state index in [1.165, 1.54) is 54.9 Å². The van der Waals surface area contributed by atoms with Gasteiger partial charge in [0.25, 0.3) is 15.7 Å². The summed E-state index contributed by atoms with van der Waals surface area (Å²) in [5.74, 6) is -0.0427. The Labute approximate surface area is 181 Å². The monoisotopic (exact) mass is 464 g/mol. The number of nitrogens with zero attached hydrogens (tertiary/aromatic N) is 3. The number of hydrogen-bond donors (Lipinski definition) is 3. The van der Waals surface area contributed by atoms with E-state index >= 15 is 0 Å². The van der Waals surface area contributed by atoms with Crippen molar-refractivity contribution in [3.8, 4) is 0 Å². The molecular formula is C17H13ClN6O4S2. The molecule has 0 saturated carbocycles. The topological polar surface area (TPSA) is 139 Å². The Kier molecular flexibility index (Phi) is 6.40. The maximum atomic E-state index is 12.4. The fourth-order valence-electron chi connectivity index (χ4n) is 2.26. The smallest absolute Gasteiger partial charge is 0.271 e. The predicted molar refractivity (Wildman–Crippen MR) is 117 cm³/mol. The number of rotatable bonds is 6. The molecular weight excluding hydrogens is 452 g/mol. The number of benzene rings is 2. The molecule has 0 radical (unpaired) electrons. The molecule has 13 heteroatoms. The lowest BCUT2D eigenvalue weighted by molar-refractivity contribution is -0.384. The van der Waals surface area contributed by atoms with Crippen LogP contribution in [0.15, 0.2) is 65.8 Å². The third kappa shape index (κ3) is 5.37. The molecule has 154 valence electrons. The van der Waals surface area contributed by atoms with Gasteiger partial charge in [-0.3, -0.25) is 10.1 Å². The summed E-state index contributed by atoms with van der Waals surface area (Å²) in [4.78, 5) is 18.0. The Morgan fingerprint density at radius 3 is 2.37 bits per heavy atom. The SMILES string of the molecule is O=[N+]([O-])c1ccc(Cl)c(NC(=S)Nc2ccc(S(=O)(=O)Nc3ncccn3)cc2)c1. The molecule has 3 rings (SSSR count). The number of sulfonamides is 1. The summed E-state index contributed by atoms with van der Waals surface area (Å²) < 4.78 is 27.0. The Hall–Kier alpha value is -3.35. The quantitative estimate of drug-likeness (QED) is 0.283. The second-order valence-electron chi connectivity index (χ2n) is 5.70. The minimum atomic E-state index is -3.86. The molecule has 0 spiro atoms. The number of anilines is 3. The van der Waals surface area contributed by atoms with E-state index in [4.69, 9.17) is 23.8 Å². The lowest BCUT2D eigenvalue weighted by Gasteiger charge is -2.12. The van der Waals surface area contributed by atoms with Crippen LogP contribution in [0.2, 0.25) is 5.02 Å². The lowest BCUT2D eigenvalue weighted by Crippen LogP contribution is -2.19. The molecule has 3 aromatic rings. The van der Waals surface area contributed by atoms with Gasteiger partial charge < -0.3 is 10.6 Å². The minimum Gasteiger partial charge on any atom is -0.332 e. The van der Waals surface area contributed by atoms with Crippen molar-refractivity contribution in [2.45, 2.75) is 4.90 Å². The van der Waals surface area contributed by atoms with Gasteiger partial charge in [-0.25, -0.2) is 23.1 Å². The van der Waals surface area contributed by atoms with E-state index in [-0.39, 0.29) is 32.4 Å². The van der Waals surface area contributed by atoms with E-state index in [0.29, 0.717) is 5.69 Å². The van der Waals surface area contributed by atoms with E-state index in [0.717, 1.165) is 0 Å². The largest absolute Gasteiger partial charge is 0.332 e. The first-order valence-electron chi connectivity index (χ1n) is 8.16. The van der Waals surface area contributed by atoms with Gasteiger partial charge in [0.05, 0.1) is 20.5 Å². The number of halogens is 1. The number of aromatic nitrogens is 2. The zero-order chi connectivity index (χ0) is 21.7. The summed E-state index contributed by atoms with van der Waals surface area (Å²) in [6.45, 7) is 0. The summed E-state index contributed by atoms with van der Waals surface area (Å²) in [5, 5.41) is 16.9. The first-order chi connectivity index (χ1) is 14.2. The number of thiocarbonyl (C=S) groups is 1. The average molecular weight is 465 g/mol. The van der Waals surface area contributed by atoms with Crippen LogP contribution >= 0.6 is 23.8 Å². The molecule has 0 fully saturated rings. The van der Waals surface area contributed by atoms with Crippen molar-refractivity contribution in [3.05, 3.63) is 76.1 Å². The zero-order valence-corrected chi connectivity index (χ0v) is 17.3. The van der Waals surface area contributed by atoms with Gasteiger partial charge in [0, 0.05) is 30.2 Å². The van der Waals surface area contributed by atoms with Crippen LogP contribution in [0.3, 0.4) is 0 Å². The van der Waals surface area contributed by atoms with Crippen LogP contribution in [-0.2, 0) is 10.0 Å². The summed E-state index contributed by atoms with van der Waals surface area (Å²) in [6.07, 6.45) is 2.83. The highest BCUT2D eigenvalue weighted by Gasteiger charge is 2.16. The predicted octanol–water partition coefficient (Wildman–Crippen LogP) is 3.65. The van der Waals surface area contributed by atoms with Gasteiger partial charge in [0.15, 0.2) is 5.11 Å². The first kappa shape index (κ1) is 21.4. The highest BCUT2D eigenvalue weighted by molar-refractivity contribution is 7.92. The van der Waals surface area contributed by atoms with Gasteiger partial charge >= 0.3 is 0 Å². The molecule has 1 aromatic heterocycles. The molecule has 0 aliphatic rings. The molecule has 2 aromatic carbocycles. The second-order valence-corrected chi connectivity index (χ2v) is 8.20. The van der Waals surface area contributed by atoms with Gasteiger partial charge in [-0.15, -0.1) is 0 Å². The molecule has 10 nitrogen and oxygen atoms in total. The van der Waals surface area contributed by atoms with Crippen molar-refractivity contribution < 1.29 is 13.3 Å². The van der Waals surface area contributed by atoms with Gasteiger partial charge in [0.1, 0.15) is 0 Å². The van der Waals surface area contributed by atoms with E-state index in [1.54, 1.807) is 6.07 Å². The summed E-state index contributed by atoms with van der Waals surface area (Å²) in [6, 6.07) is 11.2. The number of nitro groups is 1. The summed E-state index contributed by atoms with van der Waals surface area (Å²) in [5.41, 5.74) is 0.604. The zero-order valence-electron chi connectivity index (χ0n) is 14.9. The third-order valence-electron chi connectivity index (χ3n) is 3.62. The van der Waals surface area contributed by atoms with Gasteiger partial charge in [-0.05, 0) is 48.6 Å². The average Bonchev–Trinajstić information content (AvgIpc) is 2.70. The molecule has 0 saturated heterocycles. The van der Waals surface area contributed by atoms with Crippen LogP contribution in [0.4, 0.5) is 23.0 Å². The normalized spacial score (nSPS) is 10.8. The van der Waals surface area contributed by atoms with Crippen molar-refractivity contribution in [1.29, 1.82) is 0 Å². The molecule has 3 N–H and O–H groups in total. The molecule has 0 atom stereocenters. The maximum Gasteiger partial charge on any atom is 0.271 e. The summed E-state index contributed by atoms with van der Waals surface area (Å²) in [7, 11) is -3.86. The Morgan fingerprint density at radius 2 is 1.73 bits per heavy atom. The molecule has 0 bridgehead atoms. The van der Waals surface area contributed by atoms with Crippen LogP contribution in [-0.4, -0.2) is 28.4 Å². The molecule has 0 aliphatic carbocycles. The van der Waals surface area contributed by atoms with Crippen LogP contribution in [0, 0.1) is 10.1 Å². The molecule has 0 amide bonds. The number of nitrogens with one attached hydrogen (secondary N) is 3. The van der Waals surface area contributed by atoms with Crippen molar-refractivity contribution >= 4 is 62.0 Å². The van der Waals surface area contributed by atoms with Gasteiger partial charge in [0.2, 0.25) is 5.95 Å². The van der Waals surface area contributed by atoms with Crippen molar-refractivity contribution in [1.82, 2.24) is 9.97 Å². The Morgan fingerprint density at radius 1 is 1.07 bits per heavy atom. The number of non-ortho nitro benzene ring substituents is 1. The summed E-state index contributed by atoms with van der Waals surface area (Å²) >= 11 is 11.2. The Balaban J connectivity index is 1.68. The van der Waals surface area contributed by atoms with Crippen LogP contribution < -0.4 is 15.4 Å². The fourth-order valence-corrected chi connectivity index (χ4v) is 3.61. The first-order valence-corrected chi connectivity index (χ1v) is 10.4. The van der Waals surface area contributed by atoms with Crippen LogP contribution in [0.5, 0.6) is 0 Å². The fraction of sp³-hybridized carbons (Fsp3) is 0. The number of hydrogen-bond acceptors (Lipinski definition) is 7. The van der Waals surface area contributed by atoms with Gasteiger partial charge in [-0.2, -0.15) is 0 Å². The Bertz CT molecular complexity index is 1190. The lowest BCUT2D eigenvalue weighted by atomic mass is 10.3. The van der Waals surface area contributed by atoms with E-state index in [9.17, 15) is 18.5 Å². The van der Waals surface area contributed by atoms with E-state index in [1.807, 2.05) is 0 Å². The van der Waals surface area contributed by atoms with Crippen LogP contribution in [0.1, 0.15) is 0 Å².